The molecule has 1 aromatic rings. The van der Waals surface area contributed by atoms with E-state index in [4.69, 9.17) is 4.74 Å². The Morgan fingerprint density at radius 1 is 1.41 bits per heavy atom. The summed E-state index contributed by atoms with van der Waals surface area (Å²) in [5.41, 5.74) is 0.0645. The first-order valence-electron chi connectivity index (χ1n) is 5.73. The highest BCUT2D eigenvalue weighted by atomic mass is 79.9. The van der Waals surface area contributed by atoms with E-state index in [1.807, 2.05) is 0 Å². The van der Waals surface area contributed by atoms with Crippen LogP contribution in [-0.4, -0.2) is 11.5 Å². The fourth-order valence-corrected chi connectivity index (χ4v) is 2.46. The van der Waals surface area contributed by atoms with Gasteiger partial charge in [-0.3, -0.25) is 10.1 Å². The van der Waals surface area contributed by atoms with Crippen LogP contribution >= 0.6 is 15.9 Å². The molecule has 0 bridgehead atoms. The van der Waals surface area contributed by atoms with E-state index in [0.29, 0.717) is 18.3 Å². The molecule has 5 heteroatoms. The third-order valence-corrected chi connectivity index (χ3v) is 3.73. The maximum Gasteiger partial charge on any atom is 0.273 e. The van der Waals surface area contributed by atoms with Crippen LogP contribution in [0.2, 0.25) is 0 Å². The van der Waals surface area contributed by atoms with Crippen LogP contribution in [0.4, 0.5) is 5.69 Å². The van der Waals surface area contributed by atoms with Crippen molar-refractivity contribution in [1.29, 1.82) is 0 Å². The lowest BCUT2D eigenvalue weighted by Crippen LogP contribution is -2.08. The van der Waals surface area contributed by atoms with Crippen LogP contribution in [0.15, 0.2) is 22.7 Å². The van der Waals surface area contributed by atoms with Crippen LogP contribution in [0.25, 0.3) is 0 Å². The number of halogens is 1. The first kappa shape index (κ1) is 12.4. The lowest BCUT2D eigenvalue weighted by Gasteiger charge is -2.12. The number of rotatable bonds is 4. The van der Waals surface area contributed by atoms with Crippen molar-refractivity contribution in [2.24, 2.45) is 5.92 Å². The molecule has 0 aliphatic heterocycles. The monoisotopic (exact) mass is 299 g/mol. The average molecular weight is 300 g/mol. The number of nitro groups is 1. The second-order valence-electron chi connectivity index (χ2n) is 4.33. The van der Waals surface area contributed by atoms with Crippen molar-refractivity contribution >= 4 is 21.6 Å². The Bertz CT molecular complexity index is 416. The first-order chi connectivity index (χ1) is 8.16. The van der Waals surface area contributed by atoms with Crippen molar-refractivity contribution in [2.45, 2.75) is 25.7 Å². The molecule has 0 heterocycles. The second-order valence-corrected chi connectivity index (χ2v) is 5.19. The Morgan fingerprint density at radius 3 is 2.76 bits per heavy atom. The van der Waals surface area contributed by atoms with E-state index in [1.165, 1.54) is 37.8 Å². The Balaban J connectivity index is 2.03. The van der Waals surface area contributed by atoms with Crippen molar-refractivity contribution in [3.8, 4) is 5.75 Å². The van der Waals surface area contributed by atoms with E-state index in [1.54, 1.807) is 6.07 Å². The molecule has 0 amide bonds. The molecule has 1 aliphatic rings. The third-order valence-electron chi connectivity index (χ3n) is 3.07. The lowest BCUT2D eigenvalue weighted by molar-refractivity contribution is -0.385. The van der Waals surface area contributed by atoms with Gasteiger partial charge in [0.05, 0.1) is 22.1 Å². The molecule has 0 unspecified atom stereocenters. The van der Waals surface area contributed by atoms with Gasteiger partial charge in [-0.2, -0.15) is 0 Å². The Morgan fingerprint density at radius 2 is 2.12 bits per heavy atom. The summed E-state index contributed by atoms with van der Waals surface area (Å²) in [5.74, 6) is 1.16. The molecular weight excluding hydrogens is 286 g/mol. The van der Waals surface area contributed by atoms with Crippen LogP contribution in [0.1, 0.15) is 25.7 Å². The highest BCUT2D eigenvalue weighted by molar-refractivity contribution is 9.10. The van der Waals surface area contributed by atoms with E-state index >= 15 is 0 Å². The van der Waals surface area contributed by atoms with Gasteiger partial charge >= 0.3 is 0 Å². The van der Waals surface area contributed by atoms with Crippen LogP contribution in [-0.2, 0) is 0 Å². The molecule has 1 fully saturated rings. The minimum atomic E-state index is -0.408. The van der Waals surface area contributed by atoms with Gasteiger partial charge in [0.2, 0.25) is 0 Å². The molecule has 1 saturated carbocycles. The van der Waals surface area contributed by atoms with Crippen molar-refractivity contribution in [1.82, 2.24) is 0 Å². The van der Waals surface area contributed by atoms with Gasteiger partial charge in [-0.1, -0.05) is 12.8 Å². The summed E-state index contributed by atoms with van der Waals surface area (Å²) in [7, 11) is 0. The zero-order chi connectivity index (χ0) is 12.3. The number of non-ortho nitro benzene ring substituents is 1. The highest BCUT2D eigenvalue weighted by Crippen LogP contribution is 2.31. The fourth-order valence-electron chi connectivity index (χ4n) is 2.10. The van der Waals surface area contributed by atoms with E-state index in [2.05, 4.69) is 15.9 Å². The van der Waals surface area contributed by atoms with Crippen LogP contribution in [0.3, 0.4) is 0 Å². The Kier molecular flexibility index (Phi) is 3.99. The molecule has 4 nitrogen and oxygen atoms in total. The Hall–Kier alpha value is -1.10. The molecule has 0 N–H and O–H groups in total. The van der Waals surface area contributed by atoms with Gasteiger partial charge in [-0.05, 0) is 40.8 Å². The maximum absolute atomic E-state index is 10.7. The molecule has 92 valence electrons. The molecule has 1 aromatic carbocycles. The molecular formula is C12H14BrNO3. The quantitative estimate of drug-likeness (QED) is 0.625. The highest BCUT2D eigenvalue weighted by Gasteiger charge is 2.17. The predicted octanol–water partition coefficient (Wildman–Crippen LogP) is 3.93. The molecule has 17 heavy (non-hydrogen) atoms. The third kappa shape index (κ3) is 3.19. The van der Waals surface area contributed by atoms with Crippen molar-refractivity contribution < 1.29 is 9.66 Å². The largest absolute Gasteiger partial charge is 0.492 e. The average Bonchev–Trinajstić information content (AvgIpc) is 2.80. The van der Waals surface area contributed by atoms with Crippen LogP contribution in [0, 0.1) is 16.0 Å². The van der Waals surface area contributed by atoms with E-state index in [9.17, 15) is 10.1 Å². The molecule has 0 aromatic heterocycles. The van der Waals surface area contributed by atoms with Gasteiger partial charge in [-0.15, -0.1) is 0 Å². The van der Waals surface area contributed by atoms with E-state index < -0.39 is 4.92 Å². The first-order valence-corrected chi connectivity index (χ1v) is 6.53. The Labute approximate surface area is 108 Å². The summed E-state index contributed by atoms with van der Waals surface area (Å²) < 4.78 is 6.43. The molecule has 0 saturated heterocycles. The zero-order valence-electron chi connectivity index (χ0n) is 9.39. The topological polar surface area (TPSA) is 52.4 Å². The number of hydrogen-bond acceptors (Lipinski definition) is 3. The summed E-state index contributed by atoms with van der Waals surface area (Å²) in [6.45, 7) is 0.653. The fraction of sp³-hybridized carbons (Fsp3) is 0.500. The molecule has 0 spiro atoms. The van der Waals surface area contributed by atoms with E-state index in [0.717, 1.165) is 4.47 Å². The van der Waals surface area contributed by atoms with Gasteiger partial charge < -0.3 is 4.74 Å². The standard InChI is InChI=1S/C12H14BrNO3/c13-11-6-5-10(14(15)16)7-12(11)17-8-9-3-1-2-4-9/h5-7,9H,1-4,8H2. The van der Waals surface area contributed by atoms with Gasteiger partial charge in [0.15, 0.2) is 0 Å². The van der Waals surface area contributed by atoms with Gasteiger partial charge in [0.1, 0.15) is 5.75 Å². The zero-order valence-corrected chi connectivity index (χ0v) is 11.0. The normalized spacial score (nSPS) is 16.1. The molecule has 1 aliphatic carbocycles. The smallest absolute Gasteiger partial charge is 0.273 e. The molecule has 2 rings (SSSR count). The van der Waals surface area contributed by atoms with Crippen LogP contribution < -0.4 is 4.74 Å². The number of benzene rings is 1. The van der Waals surface area contributed by atoms with Gasteiger partial charge in [0.25, 0.3) is 5.69 Å². The molecule has 0 radical (unpaired) electrons. The summed E-state index contributed by atoms with van der Waals surface area (Å²) in [4.78, 5) is 10.3. The van der Waals surface area contributed by atoms with Gasteiger partial charge in [0, 0.05) is 6.07 Å². The summed E-state index contributed by atoms with van der Waals surface area (Å²) in [6, 6.07) is 4.59. The SMILES string of the molecule is O=[N+]([O-])c1ccc(Br)c(OCC2CCCC2)c1. The maximum atomic E-state index is 10.7. The van der Waals surface area contributed by atoms with Crippen molar-refractivity contribution in [3.63, 3.8) is 0 Å². The summed E-state index contributed by atoms with van der Waals surface area (Å²) >= 11 is 3.34. The van der Waals surface area contributed by atoms with Crippen molar-refractivity contribution in [3.05, 3.63) is 32.8 Å². The minimum absolute atomic E-state index is 0.0645. The van der Waals surface area contributed by atoms with Gasteiger partial charge in [-0.25, -0.2) is 0 Å². The summed E-state index contributed by atoms with van der Waals surface area (Å²) in [5, 5.41) is 10.7. The molecule has 0 atom stereocenters. The second kappa shape index (κ2) is 5.49. The number of hydrogen-bond donors (Lipinski definition) is 0. The van der Waals surface area contributed by atoms with E-state index in [-0.39, 0.29) is 5.69 Å². The number of nitrogens with zero attached hydrogens (tertiary/aromatic N) is 1. The lowest BCUT2D eigenvalue weighted by atomic mass is 10.1. The van der Waals surface area contributed by atoms with Crippen LogP contribution in [0.5, 0.6) is 5.75 Å². The predicted molar refractivity (Wildman–Crippen MR) is 68.2 cm³/mol. The number of nitro benzene ring substituents is 1. The van der Waals surface area contributed by atoms with Crippen molar-refractivity contribution in [2.75, 3.05) is 6.61 Å². The minimum Gasteiger partial charge on any atom is -0.492 e. The number of ether oxygens (including phenoxy) is 1. The summed E-state index contributed by atoms with van der Waals surface area (Å²) in [6.07, 6.45) is 4.94.